The van der Waals surface area contributed by atoms with Crippen LogP contribution in [0.2, 0.25) is 0 Å². The lowest BCUT2D eigenvalue weighted by Crippen LogP contribution is -2.46. The minimum atomic E-state index is -0.502. The summed E-state index contributed by atoms with van der Waals surface area (Å²) in [5.41, 5.74) is 6.21. The van der Waals surface area contributed by atoms with Crippen LogP contribution >= 0.6 is 0 Å². The number of hydrogen-bond donors (Lipinski definition) is 3. The molecule has 2 rings (SSSR count). The molecule has 1 aromatic carbocycles. The van der Waals surface area contributed by atoms with E-state index in [4.69, 9.17) is 5.73 Å². The molecule has 0 aromatic heterocycles. The summed E-state index contributed by atoms with van der Waals surface area (Å²) >= 11 is 0. The number of benzene rings is 1. The summed E-state index contributed by atoms with van der Waals surface area (Å²) in [6.45, 7) is 5.70. The van der Waals surface area contributed by atoms with Gasteiger partial charge in [0.15, 0.2) is 0 Å². The Morgan fingerprint density at radius 3 is 2.39 bits per heavy atom. The average molecular weight is 389 g/mol. The van der Waals surface area contributed by atoms with Crippen LogP contribution < -0.4 is 16.4 Å². The highest BCUT2D eigenvalue weighted by Gasteiger charge is 2.23. The fraction of sp³-hybridized carbons (Fsp3) is 0.571. The summed E-state index contributed by atoms with van der Waals surface area (Å²) in [6.07, 6.45) is 4.93. The third kappa shape index (κ3) is 6.96. The van der Waals surface area contributed by atoms with Crippen molar-refractivity contribution in [2.75, 3.05) is 25.0 Å². The van der Waals surface area contributed by atoms with Crippen LogP contribution in [0, 0.1) is 5.92 Å². The fourth-order valence-corrected chi connectivity index (χ4v) is 3.54. The molecule has 4 N–H and O–H groups in total. The predicted octanol–water partition coefficient (Wildman–Crippen LogP) is 2.13. The second-order valence-electron chi connectivity index (χ2n) is 7.54. The number of carbonyl (C=O) groups excluding carboxylic acids is 3. The van der Waals surface area contributed by atoms with Crippen LogP contribution in [0.4, 0.5) is 5.69 Å². The van der Waals surface area contributed by atoms with Crippen LogP contribution in [0.1, 0.15) is 56.3 Å². The molecule has 0 heterocycles. The van der Waals surface area contributed by atoms with Crippen LogP contribution in [-0.2, 0) is 9.59 Å². The standard InChI is InChI=1S/C21H32N4O3/c1-3-25(14-20(27)24-18-7-5-4-6-15(18)2)13-12-19(26)23-17-10-8-16(9-11-17)21(22)28/h8-11,15,18H,3-7,12-14H2,1-2H3,(H2,22,28)(H,23,26)(H,24,27)/t15-,18+/m0/s1. The Balaban J connectivity index is 1.75. The highest BCUT2D eigenvalue weighted by atomic mass is 16.2. The number of primary amides is 1. The molecule has 0 saturated heterocycles. The van der Waals surface area contributed by atoms with E-state index in [-0.39, 0.29) is 17.9 Å². The minimum absolute atomic E-state index is 0.0306. The molecule has 154 valence electrons. The maximum Gasteiger partial charge on any atom is 0.248 e. The lowest BCUT2D eigenvalue weighted by atomic mass is 9.86. The van der Waals surface area contributed by atoms with Crippen molar-refractivity contribution in [3.8, 4) is 0 Å². The molecule has 0 unspecified atom stereocenters. The van der Waals surface area contributed by atoms with Crippen molar-refractivity contribution in [3.63, 3.8) is 0 Å². The molecule has 0 radical (unpaired) electrons. The van der Waals surface area contributed by atoms with Gasteiger partial charge in [-0.3, -0.25) is 19.3 Å². The molecule has 0 bridgehead atoms. The number of nitrogens with zero attached hydrogens (tertiary/aromatic N) is 1. The molecule has 3 amide bonds. The Morgan fingerprint density at radius 2 is 1.79 bits per heavy atom. The third-order valence-electron chi connectivity index (χ3n) is 5.38. The van der Waals surface area contributed by atoms with Crippen molar-refractivity contribution < 1.29 is 14.4 Å². The molecule has 1 fully saturated rings. The van der Waals surface area contributed by atoms with E-state index in [0.717, 1.165) is 6.42 Å². The maximum absolute atomic E-state index is 12.4. The van der Waals surface area contributed by atoms with E-state index >= 15 is 0 Å². The quantitative estimate of drug-likeness (QED) is 0.603. The van der Waals surface area contributed by atoms with Gasteiger partial charge in [-0.05, 0) is 49.6 Å². The van der Waals surface area contributed by atoms with Crippen LogP contribution in [0.15, 0.2) is 24.3 Å². The highest BCUT2D eigenvalue weighted by Crippen LogP contribution is 2.23. The molecule has 1 aromatic rings. The second kappa shape index (κ2) is 10.8. The monoisotopic (exact) mass is 388 g/mol. The third-order valence-corrected chi connectivity index (χ3v) is 5.38. The molecule has 1 aliphatic carbocycles. The Labute approximate surface area is 167 Å². The molecular weight excluding hydrogens is 356 g/mol. The summed E-state index contributed by atoms with van der Waals surface area (Å²) in [6, 6.07) is 6.72. The summed E-state index contributed by atoms with van der Waals surface area (Å²) in [7, 11) is 0. The first-order valence-electron chi connectivity index (χ1n) is 10.1. The van der Waals surface area contributed by atoms with Crippen LogP contribution in [0.5, 0.6) is 0 Å². The Hall–Kier alpha value is -2.41. The van der Waals surface area contributed by atoms with E-state index in [1.807, 2.05) is 11.8 Å². The zero-order valence-corrected chi connectivity index (χ0v) is 16.9. The van der Waals surface area contributed by atoms with E-state index in [2.05, 4.69) is 17.6 Å². The number of nitrogens with two attached hydrogens (primary N) is 1. The molecule has 7 nitrogen and oxygen atoms in total. The second-order valence-corrected chi connectivity index (χ2v) is 7.54. The van der Waals surface area contributed by atoms with Crippen molar-refractivity contribution in [2.45, 2.75) is 52.0 Å². The van der Waals surface area contributed by atoms with Gasteiger partial charge in [-0.25, -0.2) is 0 Å². The zero-order chi connectivity index (χ0) is 20.5. The van der Waals surface area contributed by atoms with E-state index in [0.29, 0.717) is 43.2 Å². The summed E-state index contributed by atoms with van der Waals surface area (Å²) < 4.78 is 0. The van der Waals surface area contributed by atoms with Gasteiger partial charge in [-0.15, -0.1) is 0 Å². The Kier molecular flexibility index (Phi) is 8.44. The van der Waals surface area contributed by atoms with Gasteiger partial charge in [0.2, 0.25) is 17.7 Å². The van der Waals surface area contributed by atoms with E-state index in [1.165, 1.54) is 19.3 Å². The highest BCUT2D eigenvalue weighted by molar-refractivity contribution is 5.94. The number of hydrogen-bond acceptors (Lipinski definition) is 4. The van der Waals surface area contributed by atoms with Crippen molar-refractivity contribution in [2.24, 2.45) is 11.7 Å². The Bertz CT molecular complexity index is 675. The number of likely N-dealkylation sites (N-methyl/N-ethyl adjacent to an activating group) is 1. The molecule has 7 heteroatoms. The normalized spacial score (nSPS) is 19.2. The summed E-state index contributed by atoms with van der Waals surface area (Å²) in [5.74, 6) is -0.0773. The number of carbonyl (C=O) groups is 3. The van der Waals surface area contributed by atoms with Crippen molar-refractivity contribution >= 4 is 23.4 Å². The number of anilines is 1. The average Bonchev–Trinajstić information content (AvgIpc) is 2.67. The van der Waals surface area contributed by atoms with Gasteiger partial charge in [-0.1, -0.05) is 26.7 Å². The van der Waals surface area contributed by atoms with Gasteiger partial charge in [0.25, 0.3) is 0 Å². The van der Waals surface area contributed by atoms with E-state index in [9.17, 15) is 14.4 Å². The molecule has 2 atom stereocenters. The molecule has 28 heavy (non-hydrogen) atoms. The van der Waals surface area contributed by atoms with Crippen molar-refractivity contribution in [1.82, 2.24) is 10.2 Å². The number of nitrogens with one attached hydrogen (secondary N) is 2. The Morgan fingerprint density at radius 1 is 1.11 bits per heavy atom. The van der Waals surface area contributed by atoms with Crippen LogP contribution in [0.3, 0.4) is 0 Å². The zero-order valence-electron chi connectivity index (χ0n) is 16.9. The van der Waals surface area contributed by atoms with Crippen molar-refractivity contribution in [1.29, 1.82) is 0 Å². The van der Waals surface area contributed by atoms with Gasteiger partial charge in [-0.2, -0.15) is 0 Å². The van der Waals surface area contributed by atoms with Gasteiger partial charge in [0, 0.05) is 30.3 Å². The molecule has 1 aliphatic rings. The van der Waals surface area contributed by atoms with Gasteiger partial charge < -0.3 is 16.4 Å². The largest absolute Gasteiger partial charge is 0.366 e. The smallest absolute Gasteiger partial charge is 0.248 e. The minimum Gasteiger partial charge on any atom is -0.366 e. The van der Waals surface area contributed by atoms with Crippen LogP contribution in [0.25, 0.3) is 0 Å². The number of rotatable bonds is 9. The van der Waals surface area contributed by atoms with Gasteiger partial charge in [0.1, 0.15) is 0 Å². The van der Waals surface area contributed by atoms with Gasteiger partial charge >= 0.3 is 0 Å². The fourth-order valence-electron chi connectivity index (χ4n) is 3.54. The van der Waals surface area contributed by atoms with Crippen LogP contribution in [-0.4, -0.2) is 48.3 Å². The van der Waals surface area contributed by atoms with Gasteiger partial charge in [0.05, 0.1) is 6.54 Å². The SMILES string of the molecule is CCN(CCC(=O)Nc1ccc(C(N)=O)cc1)CC(=O)N[C@@H]1CCCC[C@@H]1C. The summed E-state index contributed by atoms with van der Waals surface area (Å²) in [4.78, 5) is 37.6. The lowest BCUT2D eigenvalue weighted by molar-refractivity contribution is -0.124. The molecule has 0 spiro atoms. The molecule has 0 aliphatic heterocycles. The predicted molar refractivity (Wildman–Crippen MR) is 110 cm³/mol. The lowest BCUT2D eigenvalue weighted by Gasteiger charge is -2.30. The first-order valence-corrected chi connectivity index (χ1v) is 10.1. The molecule has 1 saturated carbocycles. The van der Waals surface area contributed by atoms with E-state index in [1.54, 1.807) is 24.3 Å². The number of amides is 3. The summed E-state index contributed by atoms with van der Waals surface area (Å²) in [5, 5.41) is 5.95. The first-order chi connectivity index (χ1) is 13.4. The first kappa shape index (κ1) is 21.9. The van der Waals surface area contributed by atoms with Crippen molar-refractivity contribution in [3.05, 3.63) is 29.8 Å². The topological polar surface area (TPSA) is 105 Å². The maximum atomic E-state index is 12.4. The molecular formula is C21H32N4O3. The van der Waals surface area contributed by atoms with E-state index < -0.39 is 5.91 Å².